The molecule has 1 heterocycles. The Morgan fingerprint density at radius 2 is 1.72 bits per heavy atom. The number of methoxy groups -OCH3 is 2. The molecule has 3 rings (SSSR count). The Hall–Kier alpha value is -2.79. The molecule has 0 aliphatic carbocycles. The van der Waals surface area contributed by atoms with E-state index in [4.69, 9.17) is 15.2 Å². The summed E-state index contributed by atoms with van der Waals surface area (Å²) < 4.78 is 12.6. The zero-order valence-electron chi connectivity index (χ0n) is 14.8. The third-order valence-electron chi connectivity index (χ3n) is 4.39. The van der Waals surface area contributed by atoms with E-state index in [2.05, 4.69) is 23.3 Å². The molecule has 1 unspecified atom stereocenters. The molecule has 5 heteroatoms. The third kappa shape index (κ3) is 3.37. The fourth-order valence-corrected chi connectivity index (χ4v) is 3.05. The maximum atomic E-state index is 6.10. The van der Waals surface area contributed by atoms with Gasteiger partial charge in [0, 0.05) is 30.8 Å². The molecular formula is C20H23N3O2. The number of hydrogen-bond donors (Lipinski definition) is 1. The first-order valence-corrected chi connectivity index (χ1v) is 8.19. The van der Waals surface area contributed by atoms with Gasteiger partial charge in [-0.3, -0.25) is 4.68 Å². The predicted octanol–water partition coefficient (Wildman–Crippen LogP) is 3.19. The van der Waals surface area contributed by atoms with Crippen molar-refractivity contribution in [3.05, 3.63) is 65.9 Å². The number of nitrogens with zero attached hydrogens (tertiary/aromatic N) is 2. The zero-order chi connectivity index (χ0) is 17.8. The first-order chi connectivity index (χ1) is 12.2. The minimum absolute atomic E-state index is 0.0229. The molecule has 0 aliphatic heterocycles. The summed E-state index contributed by atoms with van der Waals surface area (Å²) in [4.78, 5) is 0. The second-order valence-electron chi connectivity index (χ2n) is 5.85. The van der Waals surface area contributed by atoms with Gasteiger partial charge in [0.2, 0.25) is 0 Å². The summed E-state index contributed by atoms with van der Waals surface area (Å²) in [5.41, 5.74) is 10.3. The average molecular weight is 337 g/mol. The van der Waals surface area contributed by atoms with Crippen LogP contribution in [0.4, 0.5) is 0 Å². The van der Waals surface area contributed by atoms with Crippen LogP contribution in [0.3, 0.4) is 0 Å². The molecule has 0 saturated carbocycles. The van der Waals surface area contributed by atoms with E-state index in [9.17, 15) is 0 Å². The minimum atomic E-state index is 0.0229. The molecule has 5 nitrogen and oxygen atoms in total. The van der Waals surface area contributed by atoms with Gasteiger partial charge in [0.1, 0.15) is 0 Å². The maximum Gasteiger partial charge on any atom is 0.161 e. The molecule has 2 aromatic carbocycles. The maximum absolute atomic E-state index is 6.10. The van der Waals surface area contributed by atoms with Crippen molar-refractivity contribution in [2.45, 2.75) is 5.92 Å². The summed E-state index contributed by atoms with van der Waals surface area (Å²) >= 11 is 0. The van der Waals surface area contributed by atoms with Crippen molar-refractivity contribution in [3.8, 4) is 22.8 Å². The van der Waals surface area contributed by atoms with Crippen LogP contribution in [0.2, 0.25) is 0 Å². The molecule has 0 fully saturated rings. The van der Waals surface area contributed by atoms with Gasteiger partial charge in [-0.2, -0.15) is 5.10 Å². The lowest BCUT2D eigenvalue weighted by atomic mass is 9.94. The molecule has 0 aliphatic rings. The molecule has 0 spiro atoms. The van der Waals surface area contributed by atoms with Crippen LogP contribution in [0.25, 0.3) is 11.3 Å². The van der Waals surface area contributed by atoms with Gasteiger partial charge in [-0.1, -0.05) is 36.4 Å². The van der Waals surface area contributed by atoms with Gasteiger partial charge in [0.15, 0.2) is 11.5 Å². The molecule has 0 saturated heterocycles. The Kier molecular flexibility index (Phi) is 5.05. The van der Waals surface area contributed by atoms with Gasteiger partial charge in [-0.15, -0.1) is 0 Å². The van der Waals surface area contributed by atoms with Crippen molar-refractivity contribution in [1.29, 1.82) is 0 Å². The van der Waals surface area contributed by atoms with E-state index in [0.717, 1.165) is 22.5 Å². The minimum Gasteiger partial charge on any atom is -0.493 e. The SMILES string of the molecule is COc1ccc(C(CN)c2cc(-c3ccccc3)nn2C)cc1OC. The number of hydrogen-bond acceptors (Lipinski definition) is 4. The number of aromatic nitrogens is 2. The van der Waals surface area contributed by atoms with Crippen LogP contribution in [0, 0.1) is 0 Å². The number of ether oxygens (including phenoxy) is 2. The summed E-state index contributed by atoms with van der Waals surface area (Å²) in [6.45, 7) is 0.475. The zero-order valence-corrected chi connectivity index (χ0v) is 14.8. The van der Waals surface area contributed by atoms with Crippen LogP contribution in [0.5, 0.6) is 11.5 Å². The van der Waals surface area contributed by atoms with Crippen LogP contribution < -0.4 is 15.2 Å². The standard InChI is InChI=1S/C20H23N3O2/c1-23-18(12-17(22-23)14-7-5-4-6-8-14)16(13-21)15-9-10-19(24-2)20(11-15)25-3/h4-12,16H,13,21H2,1-3H3. The van der Waals surface area contributed by atoms with Crippen LogP contribution >= 0.6 is 0 Å². The molecule has 1 aromatic heterocycles. The van der Waals surface area contributed by atoms with E-state index in [1.807, 2.05) is 48.1 Å². The topological polar surface area (TPSA) is 62.3 Å². The highest BCUT2D eigenvalue weighted by Crippen LogP contribution is 2.33. The third-order valence-corrected chi connectivity index (χ3v) is 4.39. The van der Waals surface area contributed by atoms with Gasteiger partial charge >= 0.3 is 0 Å². The highest BCUT2D eigenvalue weighted by Gasteiger charge is 2.20. The summed E-state index contributed by atoms with van der Waals surface area (Å²) in [6, 6.07) is 18.1. The van der Waals surface area contributed by atoms with E-state index in [1.165, 1.54) is 0 Å². The normalized spacial score (nSPS) is 12.0. The van der Waals surface area contributed by atoms with Crippen LogP contribution in [0.1, 0.15) is 17.2 Å². The van der Waals surface area contributed by atoms with Crippen molar-refractivity contribution in [3.63, 3.8) is 0 Å². The van der Waals surface area contributed by atoms with E-state index >= 15 is 0 Å². The van der Waals surface area contributed by atoms with E-state index in [1.54, 1.807) is 14.2 Å². The molecular weight excluding hydrogens is 314 g/mol. The van der Waals surface area contributed by atoms with Crippen LogP contribution in [-0.2, 0) is 7.05 Å². The summed E-state index contributed by atoms with van der Waals surface area (Å²) in [5.74, 6) is 1.43. The first-order valence-electron chi connectivity index (χ1n) is 8.19. The quantitative estimate of drug-likeness (QED) is 0.750. The van der Waals surface area contributed by atoms with Crippen molar-refractivity contribution in [2.24, 2.45) is 12.8 Å². The van der Waals surface area contributed by atoms with Crippen molar-refractivity contribution in [2.75, 3.05) is 20.8 Å². The summed E-state index contributed by atoms with van der Waals surface area (Å²) in [7, 11) is 5.22. The smallest absolute Gasteiger partial charge is 0.161 e. The van der Waals surface area contributed by atoms with Crippen LogP contribution in [0.15, 0.2) is 54.6 Å². The van der Waals surface area contributed by atoms with Crippen molar-refractivity contribution < 1.29 is 9.47 Å². The number of aryl methyl sites for hydroxylation is 1. The molecule has 1 atom stereocenters. The Labute approximate surface area is 148 Å². The first kappa shape index (κ1) is 17.0. The van der Waals surface area contributed by atoms with Gasteiger partial charge in [-0.05, 0) is 23.8 Å². The monoisotopic (exact) mass is 337 g/mol. The van der Waals surface area contributed by atoms with Gasteiger partial charge in [-0.25, -0.2) is 0 Å². The highest BCUT2D eigenvalue weighted by atomic mass is 16.5. The van der Waals surface area contributed by atoms with Gasteiger partial charge in [0.05, 0.1) is 19.9 Å². The average Bonchev–Trinajstić information content (AvgIpc) is 3.04. The summed E-state index contributed by atoms with van der Waals surface area (Å²) in [5, 5.41) is 4.66. The molecule has 0 radical (unpaired) electrons. The molecule has 25 heavy (non-hydrogen) atoms. The summed E-state index contributed by atoms with van der Waals surface area (Å²) in [6.07, 6.45) is 0. The predicted molar refractivity (Wildman–Crippen MR) is 99.1 cm³/mol. The number of nitrogens with two attached hydrogens (primary N) is 1. The van der Waals surface area contributed by atoms with Crippen molar-refractivity contribution >= 4 is 0 Å². The lowest BCUT2D eigenvalue weighted by molar-refractivity contribution is 0.354. The second kappa shape index (κ2) is 7.40. The highest BCUT2D eigenvalue weighted by molar-refractivity contribution is 5.60. The van der Waals surface area contributed by atoms with Crippen LogP contribution in [-0.4, -0.2) is 30.5 Å². The fraction of sp³-hybridized carbons (Fsp3) is 0.250. The molecule has 0 amide bonds. The molecule has 0 bridgehead atoms. The van der Waals surface area contributed by atoms with Crippen molar-refractivity contribution in [1.82, 2.24) is 9.78 Å². The number of benzene rings is 2. The fourth-order valence-electron chi connectivity index (χ4n) is 3.05. The lowest BCUT2D eigenvalue weighted by Crippen LogP contribution is -2.17. The Morgan fingerprint density at radius 3 is 2.36 bits per heavy atom. The Bertz CT molecular complexity index is 843. The Balaban J connectivity index is 2.00. The van der Waals surface area contributed by atoms with Gasteiger partial charge < -0.3 is 15.2 Å². The lowest BCUT2D eigenvalue weighted by Gasteiger charge is -2.17. The van der Waals surface area contributed by atoms with E-state index in [0.29, 0.717) is 18.0 Å². The second-order valence-corrected chi connectivity index (χ2v) is 5.85. The van der Waals surface area contributed by atoms with E-state index in [-0.39, 0.29) is 5.92 Å². The van der Waals surface area contributed by atoms with E-state index < -0.39 is 0 Å². The molecule has 2 N–H and O–H groups in total. The number of rotatable bonds is 6. The molecule has 3 aromatic rings. The largest absolute Gasteiger partial charge is 0.493 e. The van der Waals surface area contributed by atoms with Gasteiger partial charge in [0.25, 0.3) is 0 Å². The molecule has 130 valence electrons. The Morgan fingerprint density at radius 1 is 1.00 bits per heavy atom.